The van der Waals surface area contributed by atoms with Crippen LogP contribution in [-0.2, 0) is 0 Å². The molecule has 1 amide bonds. The van der Waals surface area contributed by atoms with Gasteiger partial charge in [0.05, 0.1) is 5.69 Å². The van der Waals surface area contributed by atoms with Crippen LogP contribution in [-0.4, -0.2) is 25.9 Å². The lowest BCUT2D eigenvalue weighted by atomic mass is 10.2. The molecule has 0 aliphatic heterocycles. The number of hydrogen-bond acceptors (Lipinski definition) is 5. The van der Waals surface area contributed by atoms with Crippen LogP contribution < -0.4 is 10.6 Å². The summed E-state index contributed by atoms with van der Waals surface area (Å²) in [7, 11) is 0. The monoisotopic (exact) mass is 416 g/mol. The minimum atomic E-state index is -0.452. The summed E-state index contributed by atoms with van der Waals surface area (Å²) in [5.41, 5.74) is 4.77. The number of rotatable bonds is 5. The van der Waals surface area contributed by atoms with Crippen molar-refractivity contribution in [2.24, 2.45) is 0 Å². The summed E-state index contributed by atoms with van der Waals surface area (Å²) < 4.78 is 15.1. The molecule has 0 radical (unpaired) electrons. The van der Waals surface area contributed by atoms with Crippen molar-refractivity contribution in [3.63, 3.8) is 0 Å². The Hall–Kier alpha value is -4.07. The number of halogens is 1. The van der Waals surface area contributed by atoms with E-state index in [0.29, 0.717) is 17.3 Å². The van der Waals surface area contributed by atoms with Crippen LogP contribution in [0.1, 0.15) is 27.3 Å². The number of nitrogens with zero attached hydrogens (tertiary/aromatic N) is 4. The molecule has 2 aromatic carbocycles. The highest BCUT2D eigenvalue weighted by molar-refractivity contribution is 6.04. The number of hydrogen-bond donors (Lipinski definition) is 2. The van der Waals surface area contributed by atoms with Gasteiger partial charge in [-0.15, -0.1) is 10.2 Å². The van der Waals surface area contributed by atoms with Crippen LogP contribution in [0, 0.1) is 26.6 Å². The molecule has 0 aliphatic rings. The van der Waals surface area contributed by atoms with Gasteiger partial charge in [-0.2, -0.15) is 5.10 Å². The lowest BCUT2D eigenvalue weighted by molar-refractivity contribution is 0.102. The zero-order valence-corrected chi connectivity index (χ0v) is 17.3. The zero-order valence-electron chi connectivity index (χ0n) is 17.3. The van der Waals surface area contributed by atoms with E-state index in [1.807, 2.05) is 32.9 Å². The van der Waals surface area contributed by atoms with Crippen molar-refractivity contribution in [2.75, 3.05) is 10.6 Å². The molecule has 2 heterocycles. The average Bonchev–Trinajstić information content (AvgIpc) is 3.03. The van der Waals surface area contributed by atoms with E-state index in [1.165, 1.54) is 18.2 Å². The van der Waals surface area contributed by atoms with Crippen LogP contribution >= 0.6 is 0 Å². The van der Waals surface area contributed by atoms with E-state index in [1.54, 1.807) is 35.0 Å². The van der Waals surface area contributed by atoms with Crippen LogP contribution in [0.3, 0.4) is 0 Å². The predicted molar refractivity (Wildman–Crippen MR) is 117 cm³/mol. The molecule has 31 heavy (non-hydrogen) atoms. The number of amides is 1. The second-order valence-corrected chi connectivity index (χ2v) is 7.15. The Morgan fingerprint density at radius 1 is 0.935 bits per heavy atom. The molecular formula is C23H21FN6O. The van der Waals surface area contributed by atoms with Crippen LogP contribution in [0.4, 0.5) is 21.6 Å². The van der Waals surface area contributed by atoms with Crippen molar-refractivity contribution >= 4 is 23.1 Å². The third-order valence-electron chi connectivity index (χ3n) is 5.02. The van der Waals surface area contributed by atoms with Crippen molar-refractivity contribution in [3.8, 4) is 5.82 Å². The van der Waals surface area contributed by atoms with Gasteiger partial charge in [0.25, 0.3) is 5.91 Å². The molecule has 2 N–H and O–H groups in total. The minimum absolute atomic E-state index is 0.260. The summed E-state index contributed by atoms with van der Waals surface area (Å²) in [4.78, 5) is 12.2. The molecule has 4 rings (SSSR count). The highest BCUT2D eigenvalue weighted by Gasteiger charge is 2.11. The van der Waals surface area contributed by atoms with E-state index < -0.39 is 5.82 Å². The van der Waals surface area contributed by atoms with Gasteiger partial charge in [-0.3, -0.25) is 4.79 Å². The third kappa shape index (κ3) is 4.42. The highest BCUT2D eigenvalue weighted by atomic mass is 19.1. The highest BCUT2D eigenvalue weighted by Crippen LogP contribution is 2.20. The lowest BCUT2D eigenvalue weighted by Crippen LogP contribution is -2.12. The van der Waals surface area contributed by atoms with Crippen molar-refractivity contribution in [1.29, 1.82) is 0 Å². The molecule has 0 bridgehead atoms. The van der Waals surface area contributed by atoms with Gasteiger partial charge in [0, 0.05) is 22.6 Å². The smallest absolute Gasteiger partial charge is 0.255 e. The Morgan fingerprint density at radius 2 is 1.68 bits per heavy atom. The summed E-state index contributed by atoms with van der Waals surface area (Å²) in [6.45, 7) is 5.99. The first-order chi connectivity index (χ1) is 14.9. The third-order valence-corrected chi connectivity index (χ3v) is 5.02. The van der Waals surface area contributed by atoms with Crippen LogP contribution in [0.25, 0.3) is 5.82 Å². The van der Waals surface area contributed by atoms with Gasteiger partial charge in [-0.05, 0) is 80.9 Å². The maximum Gasteiger partial charge on any atom is 0.255 e. The molecule has 0 unspecified atom stereocenters. The number of aryl methyl sites for hydroxylation is 1. The second kappa shape index (κ2) is 8.35. The molecule has 0 saturated carbocycles. The topological polar surface area (TPSA) is 84.7 Å². The van der Waals surface area contributed by atoms with Crippen LogP contribution in [0.2, 0.25) is 0 Å². The predicted octanol–water partition coefficient (Wildman–Crippen LogP) is 4.72. The van der Waals surface area contributed by atoms with E-state index in [0.717, 1.165) is 22.6 Å². The summed E-state index contributed by atoms with van der Waals surface area (Å²) in [5.74, 6) is 0.404. The first-order valence-electron chi connectivity index (χ1n) is 9.71. The summed E-state index contributed by atoms with van der Waals surface area (Å²) in [6.07, 6.45) is 0. The van der Waals surface area contributed by atoms with Crippen molar-refractivity contribution in [2.45, 2.75) is 20.8 Å². The summed E-state index contributed by atoms with van der Waals surface area (Å²) >= 11 is 0. The molecule has 0 saturated heterocycles. The number of benzene rings is 2. The Balaban J connectivity index is 1.42. The SMILES string of the molecule is Cc1nn(-c2ccc(Nc3ccc(NC(=O)c4cccc(F)c4)cc3)nn2)c(C)c1C. The van der Waals surface area contributed by atoms with Crippen molar-refractivity contribution < 1.29 is 9.18 Å². The Morgan fingerprint density at radius 3 is 2.29 bits per heavy atom. The maximum atomic E-state index is 13.3. The molecule has 0 fully saturated rings. The quantitative estimate of drug-likeness (QED) is 0.492. The van der Waals surface area contributed by atoms with Gasteiger partial charge in [0.2, 0.25) is 0 Å². The first kappa shape index (κ1) is 20.2. The average molecular weight is 416 g/mol. The van der Waals surface area contributed by atoms with Gasteiger partial charge in [-0.1, -0.05) is 6.07 Å². The molecule has 7 nitrogen and oxygen atoms in total. The van der Waals surface area contributed by atoms with Gasteiger partial charge in [0.15, 0.2) is 11.6 Å². The zero-order chi connectivity index (χ0) is 22.0. The standard InChI is InChI=1S/C23H21FN6O/c1-14-15(2)29-30(16(14)3)22-12-11-21(27-28-22)25-19-7-9-20(10-8-19)26-23(31)17-5-4-6-18(24)13-17/h4-13H,1-3H3,(H,25,27)(H,26,31). The Labute approximate surface area is 179 Å². The first-order valence-corrected chi connectivity index (χ1v) is 9.71. The van der Waals surface area contributed by atoms with Gasteiger partial charge in [-0.25, -0.2) is 9.07 Å². The van der Waals surface area contributed by atoms with E-state index in [4.69, 9.17) is 0 Å². The fourth-order valence-corrected chi connectivity index (χ4v) is 3.07. The molecule has 0 atom stereocenters. The molecule has 4 aromatic rings. The number of nitrogens with one attached hydrogen (secondary N) is 2. The van der Waals surface area contributed by atoms with E-state index in [-0.39, 0.29) is 11.5 Å². The number of carbonyl (C=O) groups is 1. The lowest BCUT2D eigenvalue weighted by Gasteiger charge is -2.09. The molecular weight excluding hydrogens is 395 g/mol. The van der Waals surface area contributed by atoms with E-state index in [9.17, 15) is 9.18 Å². The molecule has 8 heteroatoms. The van der Waals surface area contributed by atoms with Crippen LogP contribution in [0.5, 0.6) is 0 Å². The normalized spacial score (nSPS) is 10.7. The fourth-order valence-electron chi connectivity index (χ4n) is 3.07. The van der Waals surface area contributed by atoms with Crippen LogP contribution in [0.15, 0.2) is 60.7 Å². The minimum Gasteiger partial charge on any atom is -0.339 e. The fraction of sp³-hybridized carbons (Fsp3) is 0.130. The summed E-state index contributed by atoms with van der Waals surface area (Å²) in [5, 5.41) is 18.9. The van der Waals surface area contributed by atoms with Crippen molar-refractivity contribution in [1.82, 2.24) is 20.0 Å². The Kier molecular flexibility index (Phi) is 5.44. The second-order valence-electron chi connectivity index (χ2n) is 7.15. The maximum absolute atomic E-state index is 13.3. The van der Waals surface area contributed by atoms with Gasteiger partial charge in [0.1, 0.15) is 5.82 Å². The number of aromatic nitrogens is 4. The summed E-state index contributed by atoms with van der Waals surface area (Å²) in [6, 6.07) is 16.3. The number of carbonyl (C=O) groups excluding carboxylic acids is 1. The molecule has 2 aromatic heterocycles. The molecule has 156 valence electrons. The van der Waals surface area contributed by atoms with Gasteiger partial charge < -0.3 is 10.6 Å². The van der Waals surface area contributed by atoms with Crippen molar-refractivity contribution in [3.05, 3.63) is 89.0 Å². The Bertz CT molecular complexity index is 1230. The van der Waals surface area contributed by atoms with E-state index in [2.05, 4.69) is 25.9 Å². The van der Waals surface area contributed by atoms with Gasteiger partial charge >= 0.3 is 0 Å². The molecule has 0 spiro atoms. The number of anilines is 3. The molecule has 0 aliphatic carbocycles. The largest absolute Gasteiger partial charge is 0.339 e. The van der Waals surface area contributed by atoms with E-state index >= 15 is 0 Å².